The molecule has 0 bridgehead atoms. The normalized spacial score (nSPS) is 35.5. The number of likely N-dealkylation sites (tertiary alicyclic amines) is 1. The Kier molecular flexibility index (Phi) is 3.28. The zero-order chi connectivity index (χ0) is 11.7. The highest BCUT2D eigenvalue weighted by Gasteiger charge is 2.42. The molecule has 0 radical (unpaired) electrons. The van der Waals surface area contributed by atoms with Gasteiger partial charge in [-0.3, -0.25) is 4.90 Å². The van der Waals surface area contributed by atoms with Gasteiger partial charge in [0.25, 0.3) is 0 Å². The van der Waals surface area contributed by atoms with Crippen LogP contribution in [0.15, 0.2) is 30.3 Å². The molecule has 1 saturated heterocycles. The second kappa shape index (κ2) is 4.53. The molecule has 2 N–H and O–H groups in total. The molecule has 0 aliphatic carbocycles. The Morgan fingerprint density at radius 2 is 1.50 bits per heavy atom. The van der Waals surface area contributed by atoms with Gasteiger partial charge in [0.2, 0.25) is 0 Å². The zero-order valence-corrected chi connectivity index (χ0v) is 9.74. The minimum atomic E-state index is -0.640. The lowest BCUT2D eigenvalue weighted by atomic mass is 10.1. The van der Waals surface area contributed by atoms with Crippen LogP contribution in [0.3, 0.4) is 0 Å². The van der Waals surface area contributed by atoms with Crippen molar-refractivity contribution in [3.05, 3.63) is 35.9 Å². The maximum Gasteiger partial charge on any atom is 0.0966 e. The molecule has 3 heteroatoms. The molecule has 2 rings (SSSR count). The molecule has 0 aromatic heterocycles. The first kappa shape index (κ1) is 11.6. The molecule has 0 unspecified atom stereocenters. The molecule has 1 aliphatic heterocycles. The van der Waals surface area contributed by atoms with Crippen molar-refractivity contribution in [2.24, 2.45) is 0 Å². The number of nitrogens with zero attached hydrogens (tertiary/aromatic N) is 1. The minimum absolute atomic E-state index is 0.00482. The van der Waals surface area contributed by atoms with E-state index in [2.05, 4.69) is 17.0 Å². The van der Waals surface area contributed by atoms with Gasteiger partial charge in [0, 0.05) is 18.6 Å². The Balaban J connectivity index is 2.11. The van der Waals surface area contributed by atoms with Gasteiger partial charge >= 0.3 is 0 Å². The molecule has 16 heavy (non-hydrogen) atoms. The van der Waals surface area contributed by atoms with Crippen LogP contribution in [0.25, 0.3) is 0 Å². The van der Waals surface area contributed by atoms with Crippen LogP contribution < -0.4 is 0 Å². The van der Waals surface area contributed by atoms with Gasteiger partial charge in [0.1, 0.15) is 0 Å². The first-order valence-corrected chi connectivity index (χ1v) is 5.77. The summed E-state index contributed by atoms with van der Waals surface area (Å²) >= 11 is 0. The summed E-state index contributed by atoms with van der Waals surface area (Å²) in [6.07, 6.45) is -1.28. The van der Waals surface area contributed by atoms with Crippen LogP contribution in [-0.4, -0.2) is 39.4 Å². The van der Waals surface area contributed by atoms with Gasteiger partial charge in [0.15, 0.2) is 0 Å². The van der Waals surface area contributed by atoms with Crippen LogP contribution in [0.5, 0.6) is 0 Å². The number of aliphatic hydroxyl groups is 2. The number of aliphatic hydroxyl groups excluding tert-OH is 2. The molecule has 4 atom stereocenters. The van der Waals surface area contributed by atoms with E-state index in [0.29, 0.717) is 0 Å². The second-order valence-corrected chi connectivity index (χ2v) is 4.62. The number of hydrogen-bond donors (Lipinski definition) is 2. The molecule has 0 saturated carbocycles. The fraction of sp³-hybridized carbons (Fsp3) is 0.538. The summed E-state index contributed by atoms with van der Waals surface area (Å²) in [5, 5.41) is 19.6. The van der Waals surface area contributed by atoms with Crippen molar-refractivity contribution in [3.8, 4) is 0 Å². The molecular formula is C13H19NO2. The van der Waals surface area contributed by atoms with Crippen LogP contribution >= 0.6 is 0 Å². The predicted molar refractivity (Wildman–Crippen MR) is 62.9 cm³/mol. The Morgan fingerprint density at radius 1 is 1.00 bits per heavy atom. The molecule has 1 heterocycles. The van der Waals surface area contributed by atoms with Crippen molar-refractivity contribution in [2.45, 2.75) is 44.7 Å². The molecule has 0 amide bonds. The molecular weight excluding hydrogens is 202 g/mol. The lowest BCUT2D eigenvalue weighted by Gasteiger charge is -2.26. The maximum atomic E-state index is 9.79. The Hall–Kier alpha value is -0.900. The molecule has 0 spiro atoms. The fourth-order valence-corrected chi connectivity index (χ4v) is 2.42. The summed E-state index contributed by atoms with van der Waals surface area (Å²) in [6, 6.07) is 10.1. The summed E-state index contributed by atoms with van der Waals surface area (Å²) in [7, 11) is 0. The zero-order valence-electron chi connectivity index (χ0n) is 9.74. The largest absolute Gasteiger partial charge is 0.389 e. The summed E-state index contributed by atoms with van der Waals surface area (Å²) in [5.41, 5.74) is 1.21. The van der Waals surface area contributed by atoms with E-state index >= 15 is 0 Å². The molecule has 88 valence electrons. The lowest BCUT2D eigenvalue weighted by Crippen LogP contribution is -2.35. The average molecular weight is 221 g/mol. The molecule has 1 fully saturated rings. The van der Waals surface area contributed by atoms with Crippen LogP contribution in [0.2, 0.25) is 0 Å². The van der Waals surface area contributed by atoms with Crippen LogP contribution in [0.1, 0.15) is 19.4 Å². The van der Waals surface area contributed by atoms with E-state index in [1.807, 2.05) is 32.0 Å². The van der Waals surface area contributed by atoms with E-state index in [4.69, 9.17) is 0 Å². The molecule has 1 aliphatic rings. The van der Waals surface area contributed by atoms with Gasteiger partial charge in [-0.25, -0.2) is 0 Å². The summed E-state index contributed by atoms with van der Waals surface area (Å²) < 4.78 is 0. The van der Waals surface area contributed by atoms with E-state index in [9.17, 15) is 10.2 Å². The van der Waals surface area contributed by atoms with Crippen LogP contribution in [0, 0.1) is 0 Å². The van der Waals surface area contributed by atoms with Crippen molar-refractivity contribution >= 4 is 0 Å². The van der Waals surface area contributed by atoms with Gasteiger partial charge in [-0.2, -0.15) is 0 Å². The first-order chi connectivity index (χ1) is 7.61. The Labute approximate surface area is 96.3 Å². The predicted octanol–water partition coefficient (Wildman–Crippen LogP) is 1.00. The van der Waals surface area contributed by atoms with Crippen molar-refractivity contribution in [1.82, 2.24) is 4.90 Å². The highest BCUT2D eigenvalue weighted by Crippen LogP contribution is 2.26. The van der Waals surface area contributed by atoms with Gasteiger partial charge in [-0.1, -0.05) is 30.3 Å². The van der Waals surface area contributed by atoms with Crippen molar-refractivity contribution in [2.75, 3.05) is 0 Å². The van der Waals surface area contributed by atoms with Crippen molar-refractivity contribution < 1.29 is 10.2 Å². The highest BCUT2D eigenvalue weighted by atomic mass is 16.3. The molecule has 1 aromatic rings. The second-order valence-electron chi connectivity index (χ2n) is 4.62. The third kappa shape index (κ3) is 1.98. The van der Waals surface area contributed by atoms with Gasteiger partial charge in [-0.15, -0.1) is 0 Å². The maximum absolute atomic E-state index is 9.79. The smallest absolute Gasteiger partial charge is 0.0966 e. The lowest BCUT2D eigenvalue weighted by molar-refractivity contribution is 0.0327. The van der Waals surface area contributed by atoms with Gasteiger partial charge in [-0.05, 0) is 19.4 Å². The topological polar surface area (TPSA) is 43.7 Å². The summed E-state index contributed by atoms with van der Waals surface area (Å²) in [5.74, 6) is 0. The third-order valence-electron chi connectivity index (χ3n) is 3.59. The monoisotopic (exact) mass is 221 g/mol. The quantitative estimate of drug-likeness (QED) is 0.783. The van der Waals surface area contributed by atoms with E-state index < -0.39 is 12.2 Å². The number of rotatable bonds is 2. The summed E-state index contributed by atoms with van der Waals surface area (Å²) in [6.45, 7) is 4.69. The van der Waals surface area contributed by atoms with Crippen LogP contribution in [0.4, 0.5) is 0 Å². The standard InChI is InChI=1S/C13H19NO2/c1-9-12(15)13(16)10(2)14(9)8-11-6-4-3-5-7-11/h3-7,9-10,12-13,15-16H,8H2,1-2H3/t9-,10-,12-,13+/m1/s1. The third-order valence-corrected chi connectivity index (χ3v) is 3.59. The van der Waals surface area contributed by atoms with E-state index in [1.54, 1.807) is 0 Å². The Bertz CT molecular complexity index is 327. The minimum Gasteiger partial charge on any atom is -0.389 e. The fourth-order valence-electron chi connectivity index (χ4n) is 2.42. The SMILES string of the molecule is C[C@@H]1[C@H](O)[C@H](O)[C@@H](C)N1Cc1ccccc1. The van der Waals surface area contributed by atoms with Gasteiger partial charge in [0.05, 0.1) is 12.2 Å². The van der Waals surface area contributed by atoms with Crippen LogP contribution in [-0.2, 0) is 6.54 Å². The van der Waals surface area contributed by atoms with Gasteiger partial charge < -0.3 is 10.2 Å². The first-order valence-electron chi connectivity index (χ1n) is 5.77. The summed E-state index contributed by atoms with van der Waals surface area (Å²) in [4.78, 5) is 2.14. The highest BCUT2D eigenvalue weighted by molar-refractivity contribution is 5.15. The van der Waals surface area contributed by atoms with Crippen molar-refractivity contribution in [1.29, 1.82) is 0 Å². The number of hydrogen-bond acceptors (Lipinski definition) is 3. The Morgan fingerprint density at radius 3 is 2.00 bits per heavy atom. The average Bonchev–Trinajstić information content (AvgIpc) is 2.48. The molecule has 1 aromatic carbocycles. The molecule has 3 nitrogen and oxygen atoms in total. The van der Waals surface area contributed by atoms with E-state index in [1.165, 1.54) is 5.56 Å². The van der Waals surface area contributed by atoms with Crippen molar-refractivity contribution in [3.63, 3.8) is 0 Å². The van der Waals surface area contributed by atoms with E-state index in [-0.39, 0.29) is 12.1 Å². The van der Waals surface area contributed by atoms with E-state index in [0.717, 1.165) is 6.54 Å². The number of benzene rings is 1.